The van der Waals surface area contributed by atoms with Gasteiger partial charge in [0.05, 0.1) is 11.5 Å². The maximum atomic E-state index is 12.5. The van der Waals surface area contributed by atoms with Crippen LogP contribution in [-0.4, -0.2) is 29.6 Å². The normalized spacial score (nSPS) is 24.6. The molecule has 1 aliphatic heterocycles. The molecule has 1 N–H and O–H groups in total. The van der Waals surface area contributed by atoms with E-state index in [1.54, 1.807) is 0 Å². The first-order valence-corrected chi connectivity index (χ1v) is 6.39. The van der Waals surface area contributed by atoms with Crippen LogP contribution in [-0.2, 0) is 11.0 Å². The molecule has 0 bridgehead atoms. The van der Waals surface area contributed by atoms with Gasteiger partial charge in [-0.05, 0) is 44.1 Å². The third-order valence-corrected chi connectivity index (χ3v) is 3.84. The highest BCUT2D eigenvalue weighted by molar-refractivity contribution is 5.70. The molecule has 0 spiro atoms. The smallest absolute Gasteiger partial charge is 0.416 e. The Morgan fingerprint density at radius 2 is 1.90 bits per heavy atom. The topological polar surface area (TPSA) is 40.5 Å². The molecule has 1 aromatic rings. The fourth-order valence-corrected chi connectivity index (χ4v) is 2.59. The van der Waals surface area contributed by atoms with E-state index in [-0.39, 0.29) is 6.04 Å². The average molecular weight is 287 g/mol. The number of hydrogen-bond donors (Lipinski definition) is 1. The number of benzene rings is 1. The fourth-order valence-electron chi connectivity index (χ4n) is 2.59. The summed E-state index contributed by atoms with van der Waals surface area (Å²) in [5.41, 5.74) is 0.0425. The second-order valence-electron chi connectivity index (χ2n) is 5.18. The SMILES string of the molecule is CN1CCC(C(=O)O)CC1c1ccc(C(F)(F)F)cc1. The third-order valence-electron chi connectivity index (χ3n) is 3.84. The van der Waals surface area contributed by atoms with Crippen molar-refractivity contribution in [2.45, 2.75) is 25.1 Å². The second-order valence-corrected chi connectivity index (χ2v) is 5.18. The van der Waals surface area contributed by atoms with Crippen LogP contribution >= 0.6 is 0 Å². The van der Waals surface area contributed by atoms with E-state index in [9.17, 15) is 18.0 Å². The van der Waals surface area contributed by atoms with Gasteiger partial charge in [-0.3, -0.25) is 9.69 Å². The third kappa shape index (κ3) is 3.12. The lowest BCUT2D eigenvalue weighted by Crippen LogP contribution is -2.36. The van der Waals surface area contributed by atoms with Gasteiger partial charge in [0.1, 0.15) is 0 Å². The molecule has 0 amide bonds. The van der Waals surface area contributed by atoms with Crippen molar-refractivity contribution >= 4 is 5.97 Å². The van der Waals surface area contributed by atoms with Crippen molar-refractivity contribution < 1.29 is 23.1 Å². The Bertz CT molecular complexity index is 484. The van der Waals surface area contributed by atoms with Gasteiger partial charge >= 0.3 is 12.1 Å². The van der Waals surface area contributed by atoms with Crippen molar-refractivity contribution in [3.63, 3.8) is 0 Å². The molecule has 0 aromatic heterocycles. The van der Waals surface area contributed by atoms with Crippen LogP contribution in [0.1, 0.15) is 30.0 Å². The molecule has 6 heteroatoms. The number of halogens is 3. The number of aliphatic carboxylic acids is 1. The Morgan fingerprint density at radius 3 is 2.40 bits per heavy atom. The highest BCUT2D eigenvalue weighted by Crippen LogP contribution is 2.35. The van der Waals surface area contributed by atoms with Crippen LogP contribution in [0, 0.1) is 5.92 Å². The predicted molar refractivity (Wildman–Crippen MR) is 67.2 cm³/mol. The molecule has 2 rings (SSSR count). The van der Waals surface area contributed by atoms with E-state index in [2.05, 4.69) is 0 Å². The molecule has 1 heterocycles. The van der Waals surface area contributed by atoms with Crippen LogP contribution in [0.25, 0.3) is 0 Å². The number of piperidine rings is 1. The Labute approximate surface area is 115 Å². The van der Waals surface area contributed by atoms with Crippen LogP contribution in [0.4, 0.5) is 13.2 Å². The van der Waals surface area contributed by atoms with Gasteiger partial charge in [0.2, 0.25) is 0 Å². The number of carboxylic acid groups (broad SMARTS) is 1. The summed E-state index contributed by atoms with van der Waals surface area (Å²) in [4.78, 5) is 13.0. The zero-order chi connectivity index (χ0) is 14.9. The minimum atomic E-state index is -4.35. The summed E-state index contributed by atoms with van der Waals surface area (Å²) in [5, 5.41) is 9.07. The Morgan fingerprint density at radius 1 is 1.30 bits per heavy atom. The lowest BCUT2D eigenvalue weighted by atomic mass is 9.87. The molecule has 0 radical (unpaired) electrons. The maximum Gasteiger partial charge on any atom is 0.416 e. The highest BCUT2D eigenvalue weighted by atomic mass is 19.4. The van der Waals surface area contributed by atoms with Crippen LogP contribution in [0.2, 0.25) is 0 Å². The van der Waals surface area contributed by atoms with E-state index in [0.29, 0.717) is 19.4 Å². The molecule has 20 heavy (non-hydrogen) atoms. The molecule has 0 saturated carbocycles. The molecular formula is C14H16F3NO2. The van der Waals surface area contributed by atoms with E-state index < -0.39 is 23.6 Å². The van der Waals surface area contributed by atoms with Gasteiger partial charge in [-0.2, -0.15) is 13.2 Å². The number of hydrogen-bond acceptors (Lipinski definition) is 2. The standard InChI is InChI=1S/C14H16F3NO2/c1-18-7-6-10(13(19)20)8-12(18)9-2-4-11(5-3-9)14(15,16)17/h2-5,10,12H,6-8H2,1H3,(H,19,20). The van der Waals surface area contributed by atoms with Gasteiger partial charge in [-0.15, -0.1) is 0 Å². The number of carboxylic acids is 1. The van der Waals surface area contributed by atoms with Crippen LogP contribution in [0.3, 0.4) is 0 Å². The second kappa shape index (κ2) is 5.44. The van der Waals surface area contributed by atoms with E-state index in [4.69, 9.17) is 5.11 Å². The molecular weight excluding hydrogens is 271 g/mol. The van der Waals surface area contributed by atoms with Gasteiger partial charge in [0.25, 0.3) is 0 Å². The van der Waals surface area contributed by atoms with Crippen LogP contribution in [0.15, 0.2) is 24.3 Å². The first kappa shape index (κ1) is 14.8. The summed E-state index contributed by atoms with van der Waals surface area (Å²) in [6, 6.07) is 4.83. The van der Waals surface area contributed by atoms with Crippen molar-refractivity contribution in [1.29, 1.82) is 0 Å². The van der Waals surface area contributed by atoms with Gasteiger partial charge in [-0.25, -0.2) is 0 Å². The van der Waals surface area contributed by atoms with Crippen molar-refractivity contribution in [1.82, 2.24) is 4.90 Å². The Hall–Kier alpha value is -1.56. The van der Waals surface area contributed by atoms with Gasteiger partial charge in [0, 0.05) is 6.04 Å². The number of alkyl halides is 3. The zero-order valence-electron chi connectivity index (χ0n) is 11.0. The van der Waals surface area contributed by atoms with Crippen molar-refractivity contribution in [3.8, 4) is 0 Å². The molecule has 1 aliphatic rings. The molecule has 1 saturated heterocycles. The van der Waals surface area contributed by atoms with Crippen molar-refractivity contribution in [2.75, 3.05) is 13.6 Å². The van der Waals surface area contributed by atoms with Crippen molar-refractivity contribution in [3.05, 3.63) is 35.4 Å². The van der Waals surface area contributed by atoms with Gasteiger partial charge in [-0.1, -0.05) is 12.1 Å². The molecule has 0 aliphatic carbocycles. The van der Waals surface area contributed by atoms with Crippen LogP contribution in [0.5, 0.6) is 0 Å². The maximum absolute atomic E-state index is 12.5. The Balaban J connectivity index is 2.19. The fraction of sp³-hybridized carbons (Fsp3) is 0.500. The number of likely N-dealkylation sites (tertiary alicyclic amines) is 1. The monoisotopic (exact) mass is 287 g/mol. The summed E-state index contributed by atoms with van der Waals surface area (Å²) in [6.07, 6.45) is -3.35. The number of nitrogens with zero attached hydrogens (tertiary/aromatic N) is 1. The van der Waals surface area contributed by atoms with E-state index in [0.717, 1.165) is 17.7 Å². The molecule has 3 nitrogen and oxygen atoms in total. The van der Waals surface area contributed by atoms with E-state index >= 15 is 0 Å². The first-order valence-electron chi connectivity index (χ1n) is 6.39. The van der Waals surface area contributed by atoms with Gasteiger partial charge < -0.3 is 5.11 Å². The zero-order valence-corrected chi connectivity index (χ0v) is 11.0. The average Bonchev–Trinajstić information content (AvgIpc) is 2.38. The molecule has 110 valence electrons. The summed E-state index contributed by atoms with van der Waals surface area (Å²) >= 11 is 0. The molecule has 2 atom stereocenters. The van der Waals surface area contributed by atoms with E-state index in [1.807, 2.05) is 11.9 Å². The minimum absolute atomic E-state index is 0.146. The summed E-state index contributed by atoms with van der Waals surface area (Å²) in [7, 11) is 1.86. The van der Waals surface area contributed by atoms with E-state index in [1.165, 1.54) is 12.1 Å². The lowest BCUT2D eigenvalue weighted by molar-refractivity contribution is -0.144. The van der Waals surface area contributed by atoms with Crippen molar-refractivity contribution in [2.24, 2.45) is 5.92 Å². The summed E-state index contributed by atoms with van der Waals surface area (Å²) in [5.74, 6) is -1.27. The summed E-state index contributed by atoms with van der Waals surface area (Å²) < 4.78 is 37.6. The largest absolute Gasteiger partial charge is 0.481 e. The summed E-state index contributed by atoms with van der Waals surface area (Å²) in [6.45, 7) is 0.628. The Kier molecular flexibility index (Phi) is 4.04. The lowest BCUT2D eigenvalue weighted by Gasteiger charge is -2.36. The molecule has 1 fully saturated rings. The molecule has 2 unspecified atom stereocenters. The number of rotatable bonds is 2. The highest BCUT2D eigenvalue weighted by Gasteiger charge is 2.33. The number of carbonyl (C=O) groups is 1. The van der Waals surface area contributed by atoms with Gasteiger partial charge in [0.15, 0.2) is 0 Å². The van der Waals surface area contributed by atoms with Crippen LogP contribution < -0.4 is 0 Å². The predicted octanol–water partition coefficient (Wildman–Crippen LogP) is 3.17. The molecule has 1 aromatic carbocycles. The first-order chi connectivity index (χ1) is 9.29. The quantitative estimate of drug-likeness (QED) is 0.908. The minimum Gasteiger partial charge on any atom is -0.481 e.